The number of carbonyl (C=O) groups excluding carboxylic acids is 1. The van der Waals surface area contributed by atoms with Crippen LogP contribution in [-0.2, 0) is 16.0 Å². The van der Waals surface area contributed by atoms with Crippen molar-refractivity contribution in [1.29, 1.82) is 0 Å². The maximum atomic E-state index is 11.1. The predicted octanol–water partition coefficient (Wildman–Crippen LogP) is 1.60. The fourth-order valence-electron chi connectivity index (χ4n) is 1.39. The zero-order valence-corrected chi connectivity index (χ0v) is 11.0. The Morgan fingerprint density at radius 3 is 2.60 bits per heavy atom. The highest BCUT2D eigenvalue weighted by atomic mass is 16.5. The Bertz CT molecular complexity index is 455. The molecule has 0 atom stereocenters. The van der Waals surface area contributed by atoms with E-state index in [1.165, 1.54) is 6.08 Å². The molecule has 0 spiro atoms. The summed E-state index contributed by atoms with van der Waals surface area (Å²) in [5.74, 6) is -0.522. The molecule has 0 aliphatic rings. The van der Waals surface area contributed by atoms with Gasteiger partial charge in [-0.25, -0.2) is 9.59 Å². The number of carboxylic acid groups (broad SMARTS) is 1. The molecule has 0 bridgehead atoms. The van der Waals surface area contributed by atoms with Gasteiger partial charge < -0.3 is 19.9 Å². The quantitative estimate of drug-likeness (QED) is 0.706. The zero-order chi connectivity index (χ0) is 14.8. The van der Waals surface area contributed by atoms with Crippen LogP contribution in [0.15, 0.2) is 36.9 Å². The van der Waals surface area contributed by atoms with Gasteiger partial charge in [0, 0.05) is 6.54 Å². The van der Waals surface area contributed by atoms with Crippen LogP contribution < -0.4 is 10.1 Å². The first-order chi connectivity index (χ1) is 9.61. The zero-order valence-electron chi connectivity index (χ0n) is 11.0. The first-order valence-electron chi connectivity index (χ1n) is 6.07. The molecule has 0 aromatic heterocycles. The Kier molecular flexibility index (Phi) is 6.67. The largest absolute Gasteiger partial charge is 0.482 e. The first-order valence-corrected chi connectivity index (χ1v) is 6.07. The molecule has 0 aliphatic heterocycles. The maximum Gasteiger partial charge on any atom is 0.407 e. The van der Waals surface area contributed by atoms with E-state index in [0.29, 0.717) is 18.7 Å². The van der Waals surface area contributed by atoms with E-state index >= 15 is 0 Å². The standard InChI is InChI=1S/C14H17NO5/c1-2-9-19-14(18)15-8-7-11-3-5-12(6-4-11)20-10-13(16)17/h2-6H,1,7-10H2,(H,15,18)(H,16,17). The summed E-state index contributed by atoms with van der Waals surface area (Å²) in [5, 5.41) is 11.1. The van der Waals surface area contributed by atoms with Gasteiger partial charge in [0.05, 0.1) is 0 Å². The van der Waals surface area contributed by atoms with Gasteiger partial charge in [-0.3, -0.25) is 0 Å². The van der Waals surface area contributed by atoms with Crippen molar-refractivity contribution in [2.45, 2.75) is 6.42 Å². The summed E-state index contributed by atoms with van der Waals surface area (Å²) in [5.41, 5.74) is 0.997. The van der Waals surface area contributed by atoms with Gasteiger partial charge >= 0.3 is 12.1 Å². The van der Waals surface area contributed by atoms with Gasteiger partial charge in [0.2, 0.25) is 0 Å². The second kappa shape index (κ2) is 8.58. The Balaban J connectivity index is 2.29. The number of alkyl carbamates (subject to hydrolysis) is 1. The number of amides is 1. The lowest BCUT2D eigenvalue weighted by atomic mass is 10.1. The highest BCUT2D eigenvalue weighted by Gasteiger charge is 2.01. The van der Waals surface area contributed by atoms with E-state index in [2.05, 4.69) is 11.9 Å². The average Bonchev–Trinajstić information content (AvgIpc) is 2.44. The van der Waals surface area contributed by atoms with Crippen molar-refractivity contribution in [3.05, 3.63) is 42.5 Å². The number of carboxylic acids is 1. The monoisotopic (exact) mass is 279 g/mol. The third-order valence-electron chi connectivity index (χ3n) is 2.30. The molecule has 0 saturated heterocycles. The van der Waals surface area contributed by atoms with Crippen molar-refractivity contribution < 1.29 is 24.2 Å². The summed E-state index contributed by atoms with van der Waals surface area (Å²) in [7, 11) is 0. The number of rotatable bonds is 8. The SMILES string of the molecule is C=CCOC(=O)NCCc1ccc(OCC(=O)O)cc1. The third kappa shape index (κ3) is 6.44. The van der Waals surface area contributed by atoms with E-state index in [4.69, 9.17) is 14.6 Å². The second-order valence-corrected chi connectivity index (χ2v) is 3.89. The number of hydrogen-bond donors (Lipinski definition) is 2. The van der Waals surface area contributed by atoms with Crippen LogP contribution in [0.4, 0.5) is 4.79 Å². The van der Waals surface area contributed by atoms with E-state index in [1.54, 1.807) is 12.1 Å². The minimum atomic E-state index is -1.02. The van der Waals surface area contributed by atoms with Crippen LogP contribution in [0.2, 0.25) is 0 Å². The van der Waals surface area contributed by atoms with Crippen LogP contribution in [-0.4, -0.2) is 36.9 Å². The van der Waals surface area contributed by atoms with Gasteiger partial charge in [-0.1, -0.05) is 24.8 Å². The molecule has 1 aromatic carbocycles. The first kappa shape index (κ1) is 15.6. The van der Waals surface area contributed by atoms with Gasteiger partial charge in [0.25, 0.3) is 0 Å². The van der Waals surface area contributed by atoms with Crippen LogP contribution in [0, 0.1) is 0 Å². The molecule has 1 rings (SSSR count). The number of ether oxygens (including phenoxy) is 2. The molecule has 6 nitrogen and oxygen atoms in total. The molecule has 6 heteroatoms. The molecular formula is C14H17NO5. The average molecular weight is 279 g/mol. The minimum absolute atomic E-state index is 0.182. The Labute approximate surface area is 117 Å². The molecule has 0 fully saturated rings. The Morgan fingerprint density at radius 2 is 2.00 bits per heavy atom. The van der Waals surface area contributed by atoms with Gasteiger partial charge in [-0.2, -0.15) is 0 Å². The number of hydrogen-bond acceptors (Lipinski definition) is 4. The van der Waals surface area contributed by atoms with Crippen molar-refractivity contribution in [3.8, 4) is 5.75 Å². The number of aliphatic carboxylic acids is 1. The van der Waals surface area contributed by atoms with Crippen LogP contribution >= 0.6 is 0 Å². The Hall–Kier alpha value is -2.50. The summed E-state index contributed by atoms with van der Waals surface area (Å²) >= 11 is 0. The Morgan fingerprint density at radius 1 is 1.30 bits per heavy atom. The van der Waals surface area contributed by atoms with Crippen molar-refractivity contribution in [2.75, 3.05) is 19.8 Å². The van der Waals surface area contributed by atoms with Gasteiger partial charge in [0.15, 0.2) is 6.61 Å². The van der Waals surface area contributed by atoms with Gasteiger partial charge in [-0.05, 0) is 24.1 Å². The molecule has 0 radical (unpaired) electrons. The maximum absolute atomic E-state index is 11.1. The normalized spacial score (nSPS) is 9.60. The van der Waals surface area contributed by atoms with Crippen LogP contribution in [0.25, 0.3) is 0 Å². The van der Waals surface area contributed by atoms with Crippen LogP contribution in [0.3, 0.4) is 0 Å². The van der Waals surface area contributed by atoms with Crippen LogP contribution in [0.5, 0.6) is 5.75 Å². The molecule has 1 aromatic rings. The summed E-state index contributed by atoms with van der Waals surface area (Å²) in [6.07, 6.45) is 1.66. The topological polar surface area (TPSA) is 84.9 Å². The van der Waals surface area contributed by atoms with Crippen molar-refractivity contribution in [3.63, 3.8) is 0 Å². The lowest BCUT2D eigenvalue weighted by Crippen LogP contribution is -2.26. The van der Waals surface area contributed by atoms with Crippen molar-refractivity contribution in [2.24, 2.45) is 0 Å². The fourth-order valence-corrected chi connectivity index (χ4v) is 1.39. The molecule has 0 unspecified atom stereocenters. The van der Waals surface area contributed by atoms with E-state index in [0.717, 1.165) is 5.56 Å². The third-order valence-corrected chi connectivity index (χ3v) is 2.30. The molecule has 2 N–H and O–H groups in total. The predicted molar refractivity (Wildman–Crippen MR) is 72.8 cm³/mol. The molecule has 0 aliphatic carbocycles. The fraction of sp³-hybridized carbons (Fsp3) is 0.286. The second-order valence-electron chi connectivity index (χ2n) is 3.89. The highest BCUT2D eigenvalue weighted by Crippen LogP contribution is 2.12. The van der Waals surface area contributed by atoms with E-state index in [-0.39, 0.29) is 13.2 Å². The van der Waals surface area contributed by atoms with Crippen molar-refractivity contribution in [1.82, 2.24) is 5.32 Å². The molecule has 108 valence electrons. The van der Waals surface area contributed by atoms with E-state index in [9.17, 15) is 9.59 Å². The summed E-state index contributed by atoms with van der Waals surface area (Å²) in [6, 6.07) is 7.00. The number of benzene rings is 1. The molecule has 1 amide bonds. The van der Waals surface area contributed by atoms with E-state index < -0.39 is 12.1 Å². The lowest BCUT2D eigenvalue weighted by molar-refractivity contribution is -0.139. The minimum Gasteiger partial charge on any atom is -0.482 e. The molecule has 0 saturated carbocycles. The number of nitrogens with one attached hydrogen (secondary N) is 1. The van der Waals surface area contributed by atoms with Crippen molar-refractivity contribution >= 4 is 12.1 Å². The molecule has 0 heterocycles. The summed E-state index contributed by atoms with van der Waals surface area (Å²) in [6.45, 7) is 3.71. The molecule has 20 heavy (non-hydrogen) atoms. The smallest absolute Gasteiger partial charge is 0.407 e. The van der Waals surface area contributed by atoms with E-state index in [1.807, 2.05) is 12.1 Å². The van der Waals surface area contributed by atoms with Crippen LogP contribution in [0.1, 0.15) is 5.56 Å². The summed E-state index contributed by atoms with van der Waals surface area (Å²) in [4.78, 5) is 21.5. The van der Waals surface area contributed by atoms with Gasteiger partial charge in [-0.15, -0.1) is 0 Å². The molecular weight excluding hydrogens is 262 g/mol. The highest BCUT2D eigenvalue weighted by molar-refractivity contribution is 5.68. The van der Waals surface area contributed by atoms with Gasteiger partial charge in [0.1, 0.15) is 12.4 Å². The number of carbonyl (C=O) groups is 2. The summed E-state index contributed by atoms with van der Waals surface area (Å²) < 4.78 is 9.77. The lowest BCUT2D eigenvalue weighted by Gasteiger charge is -2.06.